The fraction of sp³-hybridized carbons (Fsp3) is 0.912. The van der Waals surface area contributed by atoms with E-state index in [9.17, 15) is 5.11 Å². The van der Waals surface area contributed by atoms with Crippen LogP contribution in [0.1, 0.15) is 211 Å². The van der Waals surface area contributed by atoms with Crippen LogP contribution in [0, 0.1) is 103 Å². The van der Waals surface area contributed by atoms with Crippen molar-refractivity contribution in [2.24, 2.45) is 103 Å². The summed E-state index contributed by atoms with van der Waals surface area (Å²) in [5.74, 6) is 7.84. The topological polar surface area (TPSA) is 46.5 Å². The number of allylic oxidation sites excluding steroid dienone is 2. The maximum absolute atomic E-state index is 15.2. The Morgan fingerprint density at radius 3 is 2.22 bits per heavy atom. The van der Waals surface area contributed by atoms with E-state index in [1.807, 2.05) is 0 Å². The number of carbonyl (C=O) groups excluding carboxylic acids is 1. The summed E-state index contributed by atoms with van der Waals surface area (Å²) >= 11 is 0. The number of carbonyl (C=O) groups is 1. The Kier molecular flexibility index (Phi) is 11.0. The second-order valence-electron chi connectivity index (χ2n) is 26.8. The standard InChI is InChI=1S/C57H92O3/c1-35(2)14-13-15-37(5)42-18-19-43-41-17-16-38-34-39(22-27-52(38,8)44(41)24-28-53(42,43)9)60-50(59)57-31-23-40(36(3)4)49(57)45-20-21-47-54(10)29-26-48(58)51(6,7)46(54)25-30-56(47,12)55(45,11)32-33-57/h16,35,37,39-49,58H,3,13-15,17-34H2,1-2,4-12H3/t37-,39-,40+,41+,42-,43+,44+,45-,46?,47-,48-,49?,52+,53-,54+,55-,56-,57+/m1/s1. The minimum absolute atomic E-state index is 0.0252. The van der Waals surface area contributed by atoms with Gasteiger partial charge in [-0.2, -0.15) is 0 Å². The molecule has 9 aliphatic carbocycles. The molecule has 0 heterocycles. The number of fused-ring (bicyclic) bond motifs is 12. The highest BCUT2D eigenvalue weighted by atomic mass is 16.5. The molecule has 0 aromatic carbocycles. The summed E-state index contributed by atoms with van der Waals surface area (Å²) < 4.78 is 7.00. The molecule has 9 aliphatic rings. The van der Waals surface area contributed by atoms with Gasteiger partial charge in [0.15, 0.2) is 0 Å². The molecule has 338 valence electrons. The van der Waals surface area contributed by atoms with E-state index >= 15 is 4.79 Å². The van der Waals surface area contributed by atoms with Crippen LogP contribution in [0.4, 0.5) is 0 Å². The van der Waals surface area contributed by atoms with Crippen molar-refractivity contribution in [2.45, 2.75) is 223 Å². The third kappa shape index (κ3) is 6.16. The first-order chi connectivity index (χ1) is 28.2. The van der Waals surface area contributed by atoms with Gasteiger partial charge < -0.3 is 9.84 Å². The van der Waals surface area contributed by atoms with Crippen molar-refractivity contribution in [3.63, 3.8) is 0 Å². The highest BCUT2D eigenvalue weighted by Crippen LogP contribution is 2.78. The van der Waals surface area contributed by atoms with Crippen molar-refractivity contribution in [3.8, 4) is 0 Å². The number of hydrogen-bond donors (Lipinski definition) is 1. The maximum atomic E-state index is 15.2. The van der Waals surface area contributed by atoms with E-state index in [0.29, 0.717) is 35.0 Å². The lowest BCUT2D eigenvalue weighted by Crippen LogP contribution is -2.67. The zero-order valence-corrected chi connectivity index (χ0v) is 40.9. The minimum atomic E-state index is -0.361. The van der Waals surface area contributed by atoms with Crippen molar-refractivity contribution >= 4 is 5.97 Å². The molecule has 0 saturated heterocycles. The Hall–Kier alpha value is -1.09. The van der Waals surface area contributed by atoms with Gasteiger partial charge in [0.1, 0.15) is 6.10 Å². The van der Waals surface area contributed by atoms with E-state index in [1.165, 1.54) is 89.0 Å². The van der Waals surface area contributed by atoms with Gasteiger partial charge in [0.05, 0.1) is 11.5 Å². The first-order valence-electron chi connectivity index (χ1n) is 26.4. The Morgan fingerprint density at radius 2 is 1.48 bits per heavy atom. The molecule has 18 atom stereocenters. The van der Waals surface area contributed by atoms with Gasteiger partial charge in [-0.1, -0.05) is 112 Å². The molecule has 0 aliphatic heterocycles. The molecule has 0 aromatic heterocycles. The van der Waals surface area contributed by atoms with Gasteiger partial charge in [0.2, 0.25) is 0 Å². The number of aliphatic hydroxyl groups excluding tert-OH is 1. The summed E-state index contributed by atoms with van der Waals surface area (Å²) in [6, 6.07) is 0. The first-order valence-corrected chi connectivity index (χ1v) is 26.4. The van der Waals surface area contributed by atoms with Gasteiger partial charge in [0, 0.05) is 6.42 Å². The first kappa shape index (κ1) is 44.1. The van der Waals surface area contributed by atoms with Crippen LogP contribution in [0.25, 0.3) is 0 Å². The van der Waals surface area contributed by atoms with Gasteiger partial charge in [-0.05, 0) is 214 Å². The average molecular weight is 825 g/mol. The highest BCUT2D eigenvalue weighted by Gasteiger charge is 2.72. The summed E-state index contributed by atoms with van der Waals surface area (Å²) in [6.07, 6.45) is 28.3. The third-order valence-electron chi connectivity index (χ3n) is 24.0. The minimum Gasteiger partial charge on any atom is -0.462 e. The van der Waals surface area contributed by atoms with Crippen molar-refractivity contribution in [2.75, 3.05) is 0 Å². The van der Waals surface area contributed by atoms with Crippen LogP contribution in [0.3, 0.4) is 0 Å². The van der Waals surface area contributed by atoms with E-state index < -0.39 is 0 Å². The monoisotopic (exact) mass is 825 g/mol. The summed E-state index contributed by atoms with van der Waals surface area (Å²) in [5, 5.41) is 11.2. The molecule has 0 bridgehead atoms. The Bertz CT molecular complexity index is 1710. The quantitative estimate of drug-likeness (QED) is 0.196. The van der Waals surface area contributed by atoms with Crippen LogP contribution < -0.4 is 0 Å². The Morgan fingerprint density at radius 1 is 0.750 bits per heavy atom. The van der Waals surface area contributed by atoms with Crippen LogP contribution in [-0.2, 0) is 9.53 Å². The summed E-state index contributed by atoms with van der Waals surface area (Å²) in [5.41, 5.74) is 4.08. The van der Waals surface area contributed by atoms with E-state index in [-0.39, 0.29) is 50.7 Å². The van der Waals surface area contributed by atoms with Gasteiger partial charge in [-0.15, -0.1) is 0 Å². The molecule has 8 saturated carbocycles. The second-order valence-corrected chi connectivity index (χ2v) is 26.8. The molecular weight excluding hydrogens is 733 g/mol. The number of esters is 1. The Labute approximate surface area is 369 Å². The van der Waals surface area contributed by atoms with E-state index in [1.54, 1.807) is 5.57 Å². The molecule has 60 heavy (non-hydrogen) atoms. The van der Waals surface area contributed by atoms with Crippen LogP contribution in [0.5, 0.6) is 0 Å². The third-order valence-corrected chi connectivity index (χ3v) is 24.0. The highest BCUT2D eigenvalue weighted by molar-refractivity contribution is 5.78. The number of hydrogen-bond acceptors (Lipinski definition) is 3. The predicted molar refractivity (Wildman–Crippen MR) is 248 cm³/mol. The zero-order valence-electron chi connectivity index (χ0n) is 40.9. The molecule has 9 rings (SSSR count). The fourth-order valence-electron chi connectivity index (χ4n) is 20.5. The lowest BCUT2D eigenvalue weighted by atomic mass is 9.32. The van der Waals surface area contributed by atoms with Gasteiger partial charge in [0.25, 0.3) is 0 Å². The van der Waals surface area contributed by atoms with Crippen molar-refractivity contribution in [1.82, 2.24) is 0 Å². The van der Waals surface area contributed by atoms with Crippen LogP contribution in [0.2, 0.25) is 0 Å². The maximum Gasteiger partial charge on any atom is 0.312 e. The smallest absolute Gasteiger partial charge is 0.312 e. The zero-order chi connectivity index (χ0) is 43.0. The summed E-state index contributed by atoms with van der Waals surface area (Å²) in [7, 11) is 0. The number of aliphatic hydroxyl groups is 1. The van der Waals surface area contributed by atoms with Crippen molar-refractivity contribution in [3.05, 3.63) is 23.8 Å². The lowest BCUT2D eigenvalue weighted by molar-refractivity contribution is -0.249. The van der Waals surface area contributed by atoms with E-state index in [4.69, 9.17) is 4.74 Å². The molecule has 0 amide bonds. The molecule has 3 nitrogen and oxygen atoms in total. The lowest BCUT2D eigenvalue weighted by Gasteiger charge is -2.72. The van der Waals surface area contributed by atoms with Gasteiger partial charge in [-0.3, -0.25) is 4.79 Å². The van der Waals surface area contributed by atoms with Gasteiger partial charge in [-0.25, -0.2) is 0 Å². The largest absolute Gasteiger partial charge is 0.462 e. The molecule has 3 heteroatoms. The normalized spacial score (nSPS) is 52.0. The molecule has 0 radical (unpaired) electrons. The van der Waals surface area contributed by atoms with E-state index in [0.717, 1.165) is 86.9 Å². The molecule has 0 aromatic rings. The molecular formula is C57H92O3. The fourth-order valence-corrected chi connectivity index (χ4v) is 20.5. The summed E-state index contributed by atoms with van der Waals surface area (Å²) in [4.78, 5) is 15.2. The predicted octanol–water partition coefficient (Wildman–Crippen LogP) is 15.0. The number of rotatable bonds is 8. The Balaban J connectivity index is 0.912. The van der Waals surface area contributed by atoms with Gasteiger partial charge >= 0.3 is 5.97 Å². The average Bonchev–Trinajstić information content (AvgIpc) is 3.76. The second kappa shape index (κ2) is 15.0. The molecule has 8 fully saturated rings. The van der Waals surface area contributed by atoms with Crippen molar-refractivity contribution < 1.29 is 14.6 Å². The van der Waals surface area contributed by atoms with Crippen LogP contribution in [0.15, 0.2) is 23.8 Å². The van der Waals surface area contributed by atoms with Crippen molar-refractivity contribution in [1.29, 1.82) is 0 Å². The summed E-state index contributed by atoms with van der Waals surface area (Å²) in [6.45, 7) is 32.4. The van der Waals surface area contributed by atoms with Crippen LogP contribution >= 0.6 is 0 Å². The number of ether oxygens (including phenoxy) is 1. The van der Waals surface area contributed by atoms with Crippen LogP contribution in [-0.4, -0.2) is 23.3 Å². The molecule has 2 unspecified atom stereocenters. The molecule has 1 N–H and O–H groups in total. The molecule has 0 spiro atoms. The van der Waals surface area contributed by atoms with E-state index in [2.05, 4.69) is 88.8 Å². The SMILES string of the molecule is C=C(C)[C@@H]1CC[C@]2(C(=O)O[C@@H]3CC[C@@]4(C)C(=CC[C@H]5[C@@H]6CC[C@H]([C@H](C)CCCC(C)C)[C@@]6(C)CC[C@@H]54)C3)CC[C@]3(C)[C@H](CC[C@@H]4[C@@]5(C)CC[C@@H](O)C(C)(C)C5CC[C@]43C)C12.